The monoisotopic (exact) mass is 335 g/mol. The summed E-state index contributed by atoms with van der Waals surface area (Å²) in [5, 5.41) is 0. The molecule has 0 N–H and O–H groups in total. The summed E-state index contributed by atoms with van der Waals surface area (Å²) in [5.41, 5.74) is 2.23. The lowest BCUT2D eigenvalue weighted by atomic mass is 10.2. The van der Waals surface area contributed by atoms with Gasteiger partial charge in [0.05, 0.1) is 7.11 Å². The number of aromatic nitrogens is 1. The number of nitrogens with zero attached hydrogens (tertiary/aromatic N) is 1. The highest BCUT2D eigenvalue weighted by Gasteiger charge is 2.08. The summed E-state index contributed by atoms with van der Waals surface area (Å²) in [4.78, 5) is 16.2. The quantitative estimate of drug-likeness (QED) is 0.501. The summed E-state index contributed by atoms with van der Waals surface area (Å²) < 4.78 is 15.8. The molecule has 5 nitrogen and oxygen atoms in total. The summed E-state index contributed by atoms with van der Waals surface area (Å²) in [6, 6.07) is 16.9. The SMILES string of the molecule is COc1ccccc1/C=C/C(=O)OCc1coc(-c2ccccc2)n1. The average molecular weight is 335 g/mol. The van der Waals surface area contributed by atoms with Crippen LogP contribution in [0.15, 0.2) is 71.4 Å². The standard InChI is InChI=1S/C20H17NO4/c1-23-18-10-6-5-7-15(18)11-12-19(22)24-13-17-14-25-20(21-17)16-8-3-2-4-9-16/h2-12,14H,13H2,1H3/b12-11+. The highest BCUT2D eigenvalue weighted by Crippen LogP contribution is 2.19. The maximum Gasteiger partial charge on any atom is 0.331 e. The number of methoxy groups -OCH3 is 1. The Bertz CT molecular complexity index is 868. The molecular weight excluding hydrogens is 318 g/mol. The minimum atomic E-state index is -0.463. The van der Waals surface area contributed by atoms with Crippen molar-refractivity contribution in [3.63, 3.8) is 0 Å². The maximum atomic E-state index is 11.9. The zero-order chi connectivity index (χ0) is 17.5. The van der Waals surface area contributed by atoms with E-state index in [0.29, 0.717) is 17.3 Å². The molecule has 0 aliphatic carbocycles. The number of carbonyl (C=O) groups excluding carboxylic acids is 1. The third-order valence-electron chi connectivity index (χ3n) is 3.47. The van der Waals surface area contributed by atoms with E-state index in [1.165, 1.54) is 12.3 Å². The molecule has 0 bridgehead atoms. The van der Waals surface area contributed by atoms with Gasteiger partial charge < -0.3 is 13.9 Å². The van der Waals surface area contributed by atoms with Crippen LogP contribution >= 0.6 is 0 Å². The second-order valence-electron chi connectivity index (χ2n) is 5.19. The van der Waals surface area contributed by atoms with Gasteiger partial charge in [0.2, 0.25) is 5.89 Å². The summed E-state index contributed by atoms with van der Waals surface area (Å²) >= 11 is 0. The smallest absolute Gasteiger partial charge is 0.331 e. The number of esters is 1. The zero-order valence-corrected chi connectivity index (χ0v) is 13.7. The van der Waals surface area contributed by atoms with Crippen LogP contribution in [0.4, 0.5) is 0 Å². The Kier molecular flexibility index (Phi) is 5.26. The first-order chi connectivity index (χ1) is 12.3. The van der Waals surface area contributed by atoms with Crippen molar-refractivity contribution in [1.29, 1.82) is 0 Å². The van der Waals surface area contributed by atoms with Gasteiger partial charge in [-0.3, -0.25) is 0 Å². The molecule has 0 atom stereocenters. The normalized spacial score (nSPS) is 10.8. The Hall–Kier alpha value is -3.34. The van der Waals surface area contributed by atoms with Gasteiger partial charge in [0.1, 0.15) is 24.3 Å². The molecule has 25 heavy (non-hydrogen) atoms. The molecule has 0 aliphatic rings. The fraction of sp³-hybridized carbons (Fsp3) is 0.100. The van der Waals surface area contributed by atoms with Crippen molar-refractivity contribution in [2.45, 2.75) is 6.61 Å². The maximum absolute atomic E-state index is 11.9. The number of carbonyl (C=O) groups is 1. The number of hydrogen-bond donors (Lipinski definition) is 0. The van der Waals surface area contributed by atoms with Crippen LogP contribution < -0.4 is 4.74 Å². The predicted octanol–water partition coefficient (Wildman–Crippen LogP) is 4.11. The number of ether oxygens (including phenoxy) is 2. The van der Waals surface area contributed by atoms with Crippen LogP contribution in [0.1, 0.15) is 11.3 Å². The topological polar surface area (TPSA) is 61.6 Å². The molecule has 1 aromatic heterocycles. The van der Waals surface area contributed by atoms with Gasteiger partial charge in [-0.1, -0.05) is 36.4 Å². The Morgan fingerprint density at radius 2 is 1.88 bits per heavy atom. The van der Waals surface area contributed by atoms with Gasteiger partial charge in [-0.15, -0.1) is 0 Å². The lowest BCUT2D eigenvalue weighted by Crippen LogP contribution is -2.01. The number of para-hydroxylation sites is 1. The van der Waals surface area contributed by atoms with Gasteiger partial charge in [0, 0.05) is 17.2 Å². The fourth-order valence-corrected chi connectivity index (χ4v) is 2.24. The van der Waals surface area contributed by atoms with Gasteiger partial charge in [-0.05, 0) is 24.3 Å². The molecule has 3 aromatic rings. The molecule has 5 heteroatoms. The Labute approximate surface area is 145 Å². The van der Waals surface area contributed by atoms with E-state index in [1.807, 2.05) is 54.6 Å². The second kappa shape index (κ2) is 7.97. The van der Waals surface area contributed by atoms with E-state index >= 15 is 0 Å². The lowest BCUT2D eigenvalue weighted by Gasteiger charge is -2.03. The minimum Gasteiger partial charge on any atom is -0.496 e. The first kappa shape index (κ1) is 16.5. The van der Waals surface area contributed by atoms with Crippen molar-refractivity contribution in [1.82, 2.24) is 4.98 Å². The second-order valence-corrected chi connectivity index (χ2v) is 5.19. The third kappa shape index (κ3) is 4.35. The number of benzene rings is 2. The molecular formula is C20H17NO4. The minimum absolute atomic E-state index is 0.0471. The molecule has 3 rings (SSSR count). The molecule has 0 fully saturated rings. The highest BCUT2D eigenvalue weighted by atomic mass is 16.5. The predicted molar refractivity (Wildman–Crippen MR) is 93.8 cm³/mol. The van der Waals surface area contributed by atoms with E-state index < -0.39 is 5.97 Å². The van der Waals surface area contributed by atoms with E-state index in [-0.39, 0.29) is 6.61 Å². The molecule has 0 saturated heterocycles. The van der Waals surface area contributed by atoms with Crippen molar-refractivity contribution in [3.8, 4) is 17.2 Å². The van der Waals surface area contributed by atoms with Crippen molar-refractivity contribution >= 4 is 12.0 Å². The molecule has 0 unspecified atom stereocenters. The van der Waals surface area contributed by atoms with E-state index in [4.69, 9.17) is 13.9 Å². The first-order valence-electron chi connectivity index (χ1n) is 7.74. The molecule has 1 heterocycles. The Balaban J connectivity index is 1.58. The van der Waals surface area contributed by atoms with Crippen LogP contribution in [-0.2, 0) is 16.1 Å². The van der Waals surface area contributed by atoms with E-state index in [0.717, 1.165) is 11.1 Å². The number of rotatable bonds is 6. The highest BCUT2D eigenvalue weighted by molar-refractivity contribution is 5.87. The molecule has 0 amide bonds. The summed E-state index contributed by atoms with van der Waals surface area (Å²) in [6.07, 6.45) is 4.49. The van der Waals surface area contributed by atoms with Gasteiger partial charge >= 0.3 is 5.97 Å². The van der Waals surface area contributed by atoms with Crippen LogP contribution in [0.3, 0.4) is 0 Å². The first-order valence-corrected chi connectivity index (χ1v) is 7.74. The zero-order valence-electron chi connectivity index (χ0n) is 13.7. The van der Waals surface area contributed by atoms with Crippen LogP contribution in [-0.4, -0.2) is 18.1 Å². The van der Waals surface area contributed by atoms with Crippen molar-refractivity contribution in [2.75, 3.05) is 7.11 Å². The van der Waals surface area contributed by atoms with Crippen LogP contribution in [0, 0.1) is 0 Å². The number of oxazole rings is 1. The van der Waals surface area contributed by atoms with Crippen molar-refractivity contribution in [2.24, 2.45) is 0 Å². The van der Waals surface area contributed by atoms with Crippen molar-refractivity contribution < 1.29 is 18.7 Å². The van der Waals surface area contributed by atoms with Crippen LogP contribution in [0.5, 0.6) is 5.75 Å². The Morgan fingerprint density at radius 3 is 2.68 bits per heavy atom. The van der Waals surface area contributed by atoms with E-state index in [9.17, 15) is 4.79 Å². The van der Waals surface area contributed by atoms with Gasteiger partial charge in [-0.25, -0.2) is 9.78 Å². The fourth-order valence-electron chi connectivity index (χ4n) is 2.24. The summed E-state index contributed by atoms with van der Waals surface area (Å²) in [6.45, 7) is 0.0471. The van der Waals surface area contributed by atoms with Crippen LogP contribution in [0.2, 0.25) is 0 Å². The van der Waals surface area contributed by atoms with E-state index in [1.54, 1.807) is 13.2 Å². The lowest BCUT2D eigenvalue weighted by molar-refractivity contribution is -0.139. The molecule has 0 radical (unpaired) electrons. The van der Waals surface area contributed by atoms with E-state index in [2.05, 4.69) is 4.98 Å². The van der Waals surface area contributed by atoms with Crippen LogP contribution in [0.25, 0.3) is 17.5 Å². The molecule has 0 aliphatic heterocycles. The molecule has 0 spiro atoms. The molecule has 2 aromatic carbocycles. The molecule has 126 valence electrons. The number of hydrogen-bond acceptors (Lipinski definition) is 5. The molecule has 0 saturated carbocycles. The largest absolute Gasteiger partial charge is 0.496 e. The summed E-state index contributed by atoms with van der Waals surface area (Å²) in [5.74, 6) is 0.724. The van der Waals surface area contributed by atoms with Gasteiger partial charge in [0.15, 0.2) is 0 Å². The van der Waals surface area contributed by atoms with Gasteiger partial charge in [-0.2, -0.15) is 0 Å². The average Bonchev–Trinajstić information content (AvgIpc) is 3.14. The van der Waals surface area contributed by atoms with Gasteiger partial charge in [0.25, 0.3) is 0 Å². The third-order valence-corrected chi connectivity index (χ3v) is 3.47. The Morgan fingerprint density at radius 1 is 1.12 bits per heavy atom. The summed E-state index contributed by atoms with van der Waals surface area (Å²) in [7, 11) is 1.58. The van der Waals surface area contributed by atoms with Crippen molar-refractivity contribution in [3.05, 3.63) is 78.2 Å².